The fourth-order valence-corrected chi connectivity index (χ4v) is 3.88. The van der Waals surface area contributed by atoms with Gasteiger partial charge in [0.05, 0.1) is 12.2 Å². The zero-order valence-electron chi connectivity index (χ0n) is 16.8. The lowest BCUT2D eigenvalue weighted by atomic mass is 9.71. The highest BCUT2D eigenvalue weighted by molar-refractivity contribution is 5.89. The van der Waals surface area contributed by atoms with Gasteiger partial charge >= 0.3 is 5.97 Å². The van der Waals surface area contributed by atoms with E-state index in [2.05, 4.69) is 35.3 Å². The van der Waals surface area contributed by atoms with Crippen LogP contribution in [-0.4, -0.2) is 34.9 Å². The van der Waals surface area contributed by atoms with Crippen LogP contribution >= 0.6 is 0 Å². The zero-order chi connectivity index (χ0) is 21.1. The monoisotopic (exact) mass is 402 g/mol. The maximum absolute atomic E-state index is 11.2. The van der Waals surface area contributed by atoms with Crippen molar-refractivity contribution in [1.29, 1.82) is 0 Å². The maximum atomic E-state index is 11.2. The first-order valence-electron chi connectivity index (χ1n) is 9.64. The Balaban J connectivity index is 1.68. The van der Waals surface area contributed by atoms with Crippen LogP contribution in [0.25, 0.3) is 22.5 Å². The van der Waals surface area contributed by atoms with Crippen LogP contribution in [0.1, 0.15) is 35.2 Å². The Morgan fingerprint density at radius 3 is 2.63 bits per heavy atom. The number of carbonyl (C=O) groups is 1. The van der Waals surface area contributed by atoms with Crippen LogP contribution in [0.5, 0.6) is 0 Å². The van der Waals surface area contributed by atoms with Gasteiger partial charge in [-0.3, -0.25) is 0 Å². The number of carboxylic acids is 1. The molecule has 0 aliphatic heterocycles. The second-order valence-corrected chi connectivity index (χ2v) is 7.62. The molecule has 2 aromatic carbocycles. The van der Waals surface area contributed by atoms with Crippen molar-refractivity contribution in [3.63, 3.8) is 0 Å². The molecule has 0 fully saturated rings. The number of rotatable bonds is 6. The Kier molecular flexibility index (Phi) is 5.33. The molecule has 1 N–H and O–H groups in total. The zero-order valence-corrected chi connectivity index (χ0v) is 16.8. The van der Waals surface area contributed by atoms with Crippen LogP contribution in [0, 0.1) is 5.41 Å². The van der Waals surface area contributed by atoms with Crippen LogP contribution in [0.4, 0.5) is 0 Å². The number of allylic oxidation sites excluding steroid dienone is 3. The van der Waals surface area contributed by atoms with E-state index in [0.717, 1.165) is 11.1 Å². The van der Waals surface area contributed by atoms with Crippen molar-refractivity contribution >= 4 is 17.1 Å². The first kappa shape index (κ1) is 19.8. The Bertz CT molecular complexity index is 1130. The van der Waals surface area contributed by atoms with Gasteiger partial charge in [0.1, 0.15) is 0 Å². The molecule has 1 aromatic heterocycles. The molecule has 6 heteroatoms. The van der Waals surface area contributed by atoms with Crippen molar-refractivity contribution in [3.8, 4) is 11.4 Å². The van der Waals surface area contributed by atoms with E-state index in [4.69, 9.17) is 9.26 Å². The fourth-order valence-electron chi connectivity index (χ4n) is 3.88. The van der Waals surface area contributed by atoms with Crippen molar-refractivity contribution < 1.29 is 19.2 Å². The number of ether oxygens (including phenoxy) is 1. The summed E-state index contributed by atoms with van der Waals surface area (Å²) in [4.78, 5) is 15.7. The lowest BCUT2D eigenvalue weighted by Gasteiger charge is -2.34. The summed E-state index contributed by atoms with van der Waals surface area (Å²) in [7, 11) is 1.70. The summed E-state index contributed by atoms with van der Waals surface area (Å²) in [6.45, 7) is 2.71. The number of nitrogens with zero attached hydrogens (tertiary/aromatic N) is 2. The van der Waals surface area contributed by atoms with Crippen LogP contribution in [0.3, 0.4) is 0 Å². The molecule has 0 saturated carbocycles. The number of hydrogen-bond donors (Lipinski definition) is 1. The largest absolute Gasteiger partial charge is 0.478 e. The highest BCUT2D eigenvalue weighted by atomic mass is 16.5. The molecule has 152 valence electrons. The third-order valence-corrected chi connectivity index (χ3v) is 5.30. The van der Waals surface area contributed by atoms with Crippen LogP contribution in [0.2, 0.25) is 0 Å². The number of aromatic nitrogens is 2. The van der Waals surface area contributed by atoms with E-state index in [1.807, 2.05) is 24.3 Å². The van der Waals surface area contributed by atoms with Crippen molar-refractivity contribution in [3.05, 3.63) is 83.8 Å². The van der Waals surface area contributed by atoms with Gasteiger partial charge in [-0.05, 0) is 29.7 Å². The molecular formula is C24H22N2O4. The third kappa shape index (κ3) is 3.82. The van der Waals surface area contributed by atoms with E-state index in [9.17, 15) is 9.90 Å². The van der Waals surface area contributed by atoms with Gasteiger partial charge in [-0.2, -0.15) is 4.98 Å². The first-order chi connectivity index (χ1) is 14.5. The second-order valence-electron chi connectivity index (χ2n) is 7.62. The van der Waals surface area contributed by atoms with Crippen molar-refractivity contribution in [2.45, 2.75) is 13.3 Å². The average Bonchev–Trinajstić information content (AvgIpc) is 3.25. The van der Waals surface area contributed by atoms with Gasteiger partial charge in [0.2, 0.25) is 5.82 Å². The molecule has 6 nitrogen and oxygen atoms in total. The van der Waals surface area contributed by atoms with Gasteiger partial charge in [-0.25, -0.2) is 4.79 Å². The molecule has 4 rings (SSSR count). The number of benzene rings is 2. The van der Waals surface area contributed by atoms with Crippen molar-refractivity contribution in [2.75, 3.05) is 13.7 Å². The normalized spacial score (nSPS) is 18.6. The van der Waals surface area contributed by atoms with E-state index < -0.39 is 5.97 Å². The van der Waals surface area contributed by atoms with Gasteiger partial charge < -0.3 is 14.4 Å². The number of carboxylic acid groups (broad SMARTS) is 1. The Morgan fingerprint density at radius 2 is 1.90 bits per heavy atom. The molecule has 0 amide bonds. The molecule has 1 heterocycles. The molecule has 0 spiro atoms. The van der Waals surface area contributed by atoms with Crippen molar-refractivity contribution in [2.24, 2.45) is 5.41 Å². The van der Waals surface area contributed by atoms with E-state index in [1.165, 1.54) is 17.7 Å². The summed E-state index contributed by atoms with van der Waals surface area (Å²) in [5.74, 6) is -0.207. The molecule has 1 aliphatic rings. The smallest absolute Gasteiger partial charge is 0.335 e. The van der Waals surface area contributed by atoms with E-state index >= 15 is 0 Å². The predicted molar refractivity (Wildman–Crippen MR) is 114 cm³/mol. The molecule has 30 heavy (non-hydrogen) atoms. The average molecular weight is 402 g/mol. The summed E-state index contributed by atoms with van der Waals surface area (Å²) < 4.78 is 11.1. The molecule has 3 aromatic rings. The van der Waals surface area contributed by atoms with E-state index in [-0.39, 0.29) is 11.0 Å². The van der Waals surface area contributed by atoms with Gasteiger partial charge in [-0.15, -0.1) is 0 Å². The fraction of sp³-hybridized carbons (Fsp3) is 0.208. The summed E-state index contributed by atoms with van der Waals surface area (Å²) >= 11 is 0. The maximum Gasteiger partial charge on any atom is 0.335 e. The summed E-state index contributed by atoms with van der Waals surface area (Å²) in [5.41, 5.74) is 3.80. The van der Waals surface area contributed by atoms with Crippen LogP contribution < -0.4 is 0 Å². The van der Waals surface area contributed by atoms with Gasteiger partial charge in [0.15, 0.2) is 0 Å². The van der Waals surface area contributed by atoms with Gasteiger partial charge in [-0.1, -0.05) is 66.7 Å². The van der Waals surface area contributed by atoms with E-state index in [1.54, 1.807) is 19.2 Å². The Labute approximate surface area is 174 Å². The topological polar surface area (TPSA) is 85.5 Å². The molecule has 1 aliphatic carbocycles. The third-order valence-electron chi connectivity index (χ3n) is 5.30. The number of hydrogen-bond acceptors (Lipinski definition) is 5. The predicted octanol–water partition coefficient (Wildman–Crippen LogP) is 4.96. The quantitative estimate of drug-likeness (QED) is 0.627. The van der Waals surface area contributed by atoms with Gasteiger partial charge in [0.25, 0.3) is 5.89 Å². The summed E-state index contributed by atoms with van der Waals surface area (Å²) in [6, 6.07) is 16.7. The van der Waals surface area contributed by atoms with E-state index in [0.29, 0.717) is 30.3 Å². The molecule has 1 atom stereocenters. The standard InChI is InChI=1S/C24H22N2O4/c1-24(15-29-2)14-19(11-12-20(24)16-7-4-3-5-8-16)22-25-21(26-30-22)17-9-6-10-18(13-17)23(27)28/h3-13H,14-15H2,1-2H3,(H,27,28). The SMILES string of the molecule is COCC1(C)CC(c2nc(-c3cccc(C(=O)O)c3)no2)=CC=C1c1ccccc1. The minimum atomic E-state index is -0.996. The molecule has 0 saturated heterocycles. The minimum Gasteiger partial charge on any atom is -0.478 e. The van der Waals surface area contributed by atoms with Gasteiger partial charge in [0, 0.05) is 23.7 Å². The van der Waals surface area contributed by atoms with Crippen molar-refractivity contribution in [1.82, 2.24) is 10.1 Å². The molecule has 1 unspecified atom stereocenters. The Hall–Kier alpha value is -3.51. The van der Waals surface area contributed by atoms with Crippen LogP contribution in [-0.2, 0) is 4.74 Å². The lowest BCUT2D eigenvalue weighted by molar-refractivity contribution is 0.0697. The minimum absolute atomic E-state index is 0.179. The highest BCUT2D eigenvalue weighted by Crippen LogP contribution is 2.45. The lowest BCUT2D eigenvalue weighted by Crippen LogP contribution is -2.27. The molecule has 0 bridgehead atoms. The molecular weight excluding hydrogens is 380 g/mol. The Morgan fingerprint density at radius 1 is 1.13 bits per heavy atom. The van der Waals surface area contributed by atoms with Crippen LogP contribution in [0.15, 0.2) is 71.3 Å². The number of aromatic carboxylic acids is 1. The summed E-state index contributed by atoms with van der Waals surface area (Å²) in [6.07, 6.45) is 4.77. The summed E-state index contributed by atoms with van der Waals surface area (Å²) in [5, 5.41) is 13.3. The number of methoxy groups -OCH3 is 1. The highest BCUT2D eigenvalue weighted by Gasteiger charge is 2.35. The molecule has 0 radical (unpaired) electrons. The first-order valence-corrected chi connectivity index (χ1v) is 9.64. The second kappa shape index (κ2) is 8.08.